The van der Waals surface area contributed by atoms with Crippen LogP contribution < -0.4 is 0 Å². The first-order valence-corrected chi connectivity index (χ1v) is 2.07. The molecule has 6 heteroatoms. The molecule has 0 aliphatic carbocycles. The van der Waals surface area contributed by atoms with Gasteiger partial charge in [-0.25, -0.2) is 0 Å². The van der Waals surface area contributed by atoms with E-state index < -0.39 is 0 Å². The predicted octanol–water partition coefficient (Wildman–Crippen LogP) is -1.71. The third-order valence-electron chi connectivity index (χ3n) is 0. The van der Waals surface area contributed by atoms with Crippen LogP contribution >= 0.6 is 0 Å². The van der Waals surface area contributed by atoms with Gasteiger partial charge >= 0.3 is 85.3 Å². The molecular weight excluding hydrogens is 206 g/mol. The number of rotatable bonds is 0. The molecule has 0 radical (unpaired) electrons. The second-order valence-electron chi connectivity index (χ2n) is 0. The fourth-order valence-corrected chi connectivity index (χ4v) is 0. The maximum absolute atomic E-state index is 8.34. The van der Waals surface area contributed by atoms with Crippen molar-refractivity contribution in [3.05, 3.63) is 0 Å². The molecule has 6 heavy (non-hydrogen) atoms. The van der Waals surface area contributed by atoms with Crippen LogP contribution in [0.4, 0.5) is 0 Å². The second kappa shape index (κ2) is 56.3. The van der Waals surface area contributed by atoms with E-state index in [2.05, 4.69) is 0 Å². The van der Waals surface area contributed by atoms with Gasteiger partial charge in [-0.2, -0.15) is 0 Å². The Kier molecular flexibility index (Phi) is 226. The summed E-state index contributed by atoms with van der Waals surface area (Å²) in [6, 6.07) is 0. The van der Waals surface area contributed by atoms with Gasteiger partial charge in [0.25, 0.3) is 0 Å². The molecule has 0 unspecified atom stereocenters. The molecular formula is H3AlCaO3Zr. The summed E-state index contributed by atoms with van der Waals surface area (Å²) in [6.45, 7) is 0. The zero-order valence-corrected chi connectivity index (χ0v) is 10.5. The van der Waals surface area contributed by atoms with E-state index in [1.165, 1.54) is 0 Å². The van der Waals surface area contributed by atoms with Crippen LogP contribution in [0.5, 0.6) is 0 Å². The van der Waals surface area contributed by atoms with Gasteiger partial charge in [0.15, 0.2) is 0 Å². The van der Waals surface area contributed by atoms with Gasteiger partial charge in [-0.05, 0) is 0 Å². The number of hydrogen-bond acceptors (Lipinski definition) is 3. The van der Waals surface area contributed by atoms with Gasteiger partial charge in [0.1, 0.15) is 0 Å². The summed E-state index contributed by atoms with van der Waals surface area (Å²) in [5.74, 6) is 0. The average Bonchev–Trinajstić information content (AvgIpc) is 1.50. The van der Waals surface area contributed by atoms with Crippen molar-refractivity contribution in [1.29, 1.82) is 0 Å². The van der Waals surface area contributed by atoms with E-state index in [1.807, 2.05) is 0 Å². The Morgan fingerprint density at radius 1 is 1.17 bits per heavy atom. The van der Waals surface area contributed by atoms with Gasteiger partial charge < -0.3 is 5.48 Å². The van der Waals surface area contributed by atoms with Crippen molar-refractivity contribution < 1.29 is 36.8 Å². The molecule has 30 valence electrons. The van der Waals surface area contributed by atoms with Gasteiger partial charge in [0.2, 0.25) is 0 Å². The van der Waals surface area contributed by atoms with Crippen LogP contribution in [-0.4, -0.2) is 59.4 Å². The van der Waals surface area contributed by atoms with Crippen LogP contribution in [0.3, 0.4) is 0 Å². The van der Waals surface area contributed by atoms with E-state index in [0.29, 0.717) is 40.9 Å². The van der Waals surface area contributed by atoms with Crippen LogP contribution in [0, 0.1) is 0 Å². The summed E-state index contributed by atoms with van der Waals surface area (Å²) >= 11 is 0.911. The van der Waals surface area contributed by atoms with Gasteiger partial charge in [-0.1, -0.05) is 0 Å². The molecule has 3 nitrogen and oxygen atoms in total. The molecule has 0 aromatic heterocycles. The molecule has 0 aromatic carbocycles. The van der Waals surface area contributed by atoms with E-state index in [9.17, 15) is 0 Å². The predicted molar refractivity (Wildman–Crippen MR) is 17.6 cm³/mol. The number of hydrogen-bond donors (Lipinski definition) is 0. The van der Waals surface area contributed by atoms with Crippen molar-refractivity contribution in [1.82, 2.24) is 0 Å². The van der Waals surface area contributed by atoms with Crippen molar-refractivity contribution in [2.45, 2.75) is 0 Å². The average molecular weight is 209 g/mol. The summed E-state index contributed by atoms with van der Waals surface area (Å²) in [5.41, 5.74) is 0. The Bertz CT molecular complexity index is 12.8. The zero-order chi connectivity index (χ0) is 4.00. The Hall–Kier alpha value is 2.24. The molecule has 0 saturated carbocycles. The summed E-state index contributed by atoms with van der Waals surface area (Å²) in [7, 11) is 0. The zero-order valence-electron chi connectivity index (χ0n) is 3.47. The van der Waals surface area contributed by atoms with E-state index in [-0.39, 0.29) is 43.2 Å². The first kappa shape index (κ1) is 24.0. The first-order chi connectivity index (χ1) is 2.00. The van der Waals surface area contributed by atoms with Gasteiger partial charge in [0, 0.05) is 0 Å². The topological polar surface area (TPSA) is 64.1 Å². The molecule has 0 amide bonds. The van der Waals surface area contributed by atoms with Crippen LogP contribution in [0.2, 0.25) is 0 Å². The molecule has 0 rings (SSSR count). The van der Waals surface area contributed by atoms with Crippen LogP contribution in [0.1, 0.15) is 0 Å². The van der Waals surface area contributed by atoms with Crippen molar-refractivity contribution in [3.63, 3.8) is 0 Å². The van der Waals surface area contributed by atoms with Crippen LogP contribution in [0.15, 0.2) is 0 Å². The van der Waals surface area contributed by atoms with Crippen molar-refractivity contribution >= 4 is 54.0 Å². The summed E-state index contributed by atoms with van der Waals surface area (Å²) in [6.07, 6.45) is 0. The van der Waals surface area contributed by atoms with Crippen molar-refractivity contribution in [2.24, 2.45) is 0 Å². The Morgan fingerprint density at radius 2 is 1.17 bits per heavy atom. The maximum atomic E-state index is 8.34. The molecule has 0 heterocycles. The van der Waals surface area contributed by atoms with Crippen LogP contribution in [0.25, 0.3) is 0 Å². The Labute approximate surface area is 89.1 Å². The third kappa shape index (κ3) is 34.2. The molecule has 0 bridgehead atoms. The molecule has 0 atom stereocenters. The van der Waals surface area contributed by atoms with Crippen molar-refractivity contribution in [2.75, 3.05) is 0 Å². The Balaban J connectivity index is -0.00000000500. The molecule has 0 aliphatic rings. The summed E-state index contributed by atoms with van der Waals surface area (Å²) < 4.78 is 16.6. The molecule has 0 aromatic rings. The third-order valence-corrected chi connectivity index (χ3v) is 0. The first-order valence-electron chi connectivity index (χ1n) is 0.493. The van der Waals surface area contributed by atoms with E-state index >= 15 is 0 Å². The quantitative estimate of drug-likeness (QED) is 0.446. The van der Waals surface area contributed by atoms with E-state index in [1.54, 1.807) is 0 Å². The fraction of sp³-hybridized carbons (Fsp3) is 0. The fourth-order valence-electron chi connectivity index (χ4n) is 0. The summed E-state index contributed by atoms with van der Waals surface area (Å²) in [5, 5.41) is 0. The normalized spacial score (nSPS) is 1.00. The van der Waals surface area contributed by atoms with Gasteiger partial charge in [0.05, 0.1) is 0 Å². The SMILES string of the molecule is [CaH+].[OH-].[O]=[AlH].[O]=[Zr]. The molecule has 0 aliphatic heterocycles. The molecule has 1 N–H and O–H groups in total. The summed E-state index contributed by atoms with van der Waals surface area (Å²) in [4.78, 5) is 0. The van der Waals surface area contributed by atoms with E-state index in [4.69, 9.17) is 6.62 Å². The molecule has 0 fully saturated rings. The Morgan fingerprint density at radius 3 is 1.17 bits per heavy atom. The van der Waals surface area contributed by atoms with Crippen LogP contribution in [-0.2, 0) is 31.3 Å². The minimum atomic E-state index is 0. The van der Waals surface area contributed by atoms with Crippen molar-refractivity contribution in [3.8, 4) is 0 Å². The van der Waals surface area contributed by atoms with E-state index in [0.717, 1.165) is 0 Å². The van der Waals surface area contributed by atoms with Gasteiger partial charge in [-0.3, -0.25) is 0 Å². The molecule has 0 spiro atoms. The van der Waals surface area contributed by atoms with Gasteiger partial charge in [-0.15, -0.1) is 0 Å². The monoisotopic (exact) mass is 208 g/mol. The standard InChI is InChI=1S/Al.Ca.H2O.2O.Zr.2H/h;;1H2;;;;;/q;+1;;;;;;/p-1. The molecule has 0 saturated heterocycles. The minimum absolute atomic E-state index is 0. The second-order valence-corrected chi connectivity index (χ2v) is 0.